The van der Waals surface area contributed by atoms with Crippen LogP contribution in [-0.4, -0.2) is 6.03 Å². The minimum atomic E-state index is -0.334. The number of halogens is 1. The van der Waals surface area contributed by atoms with Gasteiger partial charge in [0, 0.05) is 21.9 Å². The van der Waals surface area contributed by atoms with Crippen LogP contribution in [-0.2, 0) is 0 Å². The number of amides is 2. The van der Waals surface area contributed by atoms with Crippen LogP contribution in [0.5, 0.6) is 23.0 Å². The van der Waals surface area contributed by atoms with Crippen molar-refractivity contribution in [2.75, 3.05) is 10.6 Å². The molecule has 0 saturated carbocycles. The fourth-order valence-corrected chi connectivity index (χ4v) is 2.70. The van der Waals surface area contributed by atoms with Gasteiger partial charge in [0.25, 0.3) is 0 Å². The molecule has 6 heteroatoms. The van der Waals surface area contributed by atoms with E-state index in [-0.39, 0.29) is 6.03 Å². The molecule has 0 aliphatic carbocycles. The average Bonchev–Trinajstić information content (AvgIpc) is 2.62. The second-order valence-electron chi connectivity index (χ2n) is 5.40. The lowest BCUT2D eigenvalue weighted by Gasteiger charge is -2.21. The van der Waals surface area contributed by atoms with Crippen molar-refractivity contribution in [2.45, 2.75) is 0 Å². The summed E-state index contributed by atoms with van der Waals surface area (Å²) in [6.07, 6.45) is 0. The first kappa shape index (κ1) is 15.5. The first-order valence-electron chi connectivity index (χ1n) is 7.60. The SMILES string of the molecule is O=C(Nc1ccc(Br)cc1)Nc1ccc2c(c1)Oc1ccccc1O2. The number of anilines is 2. The summed E-state index contributed by atoms with van der Waals surface area (Å²) in [4.78, 5) is 12.1. The van der Waals surface area contributed by atoms with Crippen molar-refractivity contribution >= 4 is 33.3 Å². The summed E-state index contributed by atoms with van der Waals surface area (Å²) in [5.74, 6) is 2.48. The highest BCUT2D eigenvalue weighted by atomic mass is 79.9. The van der Waals surface area contributed by atoms with Crippen LogP contribution in [0, 0.1) is 0 Å². The molecular formula is C19H13BrN2O3. The predicted octanol–water partition coefficient (Wildman–Crippen LogP) is 5.99. The zero-order valence-electron chi connectivity index (χ0n) is 13.0. The van der Waals surface area contributed by atoms with Crippen LogP contribution in [0.3, 0.4) is 0 Å². The number of para-hydroxylation sites is 2. The maximum absolute atomic E-state index is 12.1. The smallest absolute Gasteiger partial charge is 0.323 e. The number of ether oxygens (including phenoxy) is 2. The quantitative estimate of drug-likeness (QED) is 0.437. The molecule has 25 heavy (non-hydrogen) atoms. The van der Waals surface area contributed by atoms with Crippen LogP contribution in [0.25, 0.3) is 0 Å². The van der Waals surface area contributed by atoms with Gasteiger partial charge in [-0.15, -0.1) is 0 Å². The van der Waals surface area contributed by atoms with Gasteiger partial charge in [0.1, 0.15) is 0 Å². The lowest BCUT2D eigenvalue weighted by Crippen LogP contribution is -2.19. The van der Waals surface area contributed by atoms with Gasteiger partial charge in [-0.25, -0.2) is 4.79 Å². The fourth-order valence-electron chi connectivity index (χ4n) is 2.43. The number of hydrogen-bond donors (Lipinski definition) is 2. The lowest BCUT2D eigenvalue weighted by atomic mass is 10.2. The van der Waals surface area contributed by atoms with Gasteiger partial charge in [0.05, 0.1) is 0 Å². The van der Waals surface area contributed by atoms with E-state index in [2.05, 4.69) is 26.6 Å². The summed E-state index contributed by atoms with van der Waals surface area (Å²) in [5.41, 5.74) is 1.31. The Morgan fingerprint density at radius 3 is 2.00 bits per heavy atom. The molecule has 5 nitrogen and oxygen atoms in total. The molecule has 0 unspecified atom stereocenters. The Hall–Kier alpha value is -2.99. The first-order chi connectivity index (χ1) is 12.2. The van der Waals surface area contributed by atoms with Crippen molar-refractivity contribution < 1.29 is 14.3 Å². The zero-order chi connectivity index (χ0) is 17.2. The molecule has 3 aromatic rings. The summed E-state index contributed by atoms with van der Waals surface area (Å²) in [6.45, 7) is 0. The Bertz CT molecular complexity index is 942. The maximum Gasteiger partial charge on any atom is 0.323 e. The molecule has 0 aromatic heterocycles. The number of rotatable bonds is 2. The monoisotopic (exact) mass is 396 g/mol. The summed E-state index contributed by atoms with van der Waals surface area (Å²) < 4.78 is 12.6. The van der Waals surface area contributed by atoms with E-state index in [1.165, 1.54) is 0 Å². The first-order valence-corrected chi connectivity index (χ1v) is 8.39. The maximum atomic E-state index is 12.1. The molecule has 0 fully saturated rings. The highest BCUT2D eigenvalue weighted by molar-refractivity contribution is 9.10. The largest absolute Gasteiger partial charge is 0.450 e. The van der Waals surface area contributed by atoms with E-state index in [0.717, 1.165) is 4.47 Å². The van der Waals surface area contributed by atoms with Crippen molar-refractivity contribution in [1.29, 1.82) is 0 Å². The third-order valence-electron chi connectivity index (χ3n) is 3.59. The van der Waals surface area contributed by atoms with Gasteiger partial charge >= 0.3 is 6.03 Å². The molecule has 0 atom stereocenters. The third-order valence-corrected chi connectivity index (χ3v) is 4.12. The van der Waals surface area contributed by atoms with E-state index in [4.69, 9.17) is 9.47 Å². The van der Waals surface area contributed by atoms with E-state index in [1.54, 1.807) is 18.2 Å². The molecule has 1 aliphatic rings. The molecule has 2 amide bonds. The Morgan fingerprint density at radius 2 is 1.28 bits per heavy atom. The van der Waals surface area contributed by atoms with Gasteiger partial charge in [-0.1, -0.05) is 28.1 Å². The van der Waals surface area contributed by atoms with Crippen LogP contribution in [0.2, 0.25) is 0 Å². The van der Waals surface area contributed by atoms with Gasteiger partial charge in [0.15, 0.2) is 23.0 Å². The number of fused-ring (bicyclic) bond motifs is 2. The Morgan fingerprint density at radius 1 is 0.720 bits per heavy atom. The van der Waals surface area contributed by atoms with Crippen LogP contribution >= 0.6 is 15.9 Å². The number of benzene rings is 3. The number of carbonyl (C=O) groups is 1. The summed E-state index contributed by atoms with van der Waals surface area (Å²) >= 11 is 3.36. The molecule has 4 rings (SSSR count). The van der Waals surface area contributed by atoms with Crippen LogP contribution in [0.1, 0.15) is 0 Å². The van der Waals surface area contributed by atoms with Crippen molar-refractivity contribution in [1.82, 2.24) is 0 Å². The summed E-state index contributed by atoms with van der Waals surface area (Å²) in [5, 5.41) is 5.55. The minimum Gasteiger partial charge on any atom is -0.450 e. The molecule has 3 aromatic carbocycles. The van der Waals surface area contributed by atoms with Gasteiger partial charge in [0.2, 0.25) is 0 Å². The van der Waals surface area contributed by atoms with Gasteiger partial charge in [-0.3, -0.25) is 0 Å². The minimum absolute atomic E-state index is 0.334. The van der Waals surface area contributed by atoms with Gasteiger partial charge in [-0.2, -0.15) is 0 Å². The van der Waals surface area contributed by atoms with E-state index in [9.17, 15) is 4.79 Å². The third kappa shape index (κ3) is 3.44. The van der Waals surface area contributed by atoms with E-state index >= 15 is 0 Å². The molecule has 0 bridgehead atoms. The number of hydrogen-bond acceptors (Lipinski definition) is 3. The molecule has 0 radical (unpaired) electrons. The Kier molecular flexibility index (Phi) is 4.03. The van der Waals surface area contributed by atoms with E-state index < -0.39 is 0 Å². The van der Waals surface area contributed by atoms with Crippen molar-refractivity contribution in [3.63, 3.8) is 0 Å². The highest BCUT2D eigenvalue weighted by Crippen LogP contribution is 2.45. The van der Waals surface area contributed by atoms with Crippen molar-refractivity contribution in [3.05, 3.63) is 71.2 Å². The summed E-state index contributed by atoms with van der Waals surface area (Å²) in [7, 11) is 0. The fraction of sp³-hybridized carbons (Fsp3) is 0. The van der Waals surface area contributed by atoms with Gasteiger partial charge < -0.3 is 20.1 Å². The second-order valence-corrected chi connectivity index (χ2v) is 6.31. The molecule has 0 saturated heterocycles. The van der Waals surface area contributed by atoms with Gasteiger partial charge in [-0.05, 0) is 48.5 Å². The van der Waals surface area contributed by atoms with Crippen molar-refractivity contribution in [3.8, 4) is 23.0 Å². The molecule has 1 heterocycles. The molecule has 124 valence electrons. The highest BCUT2D eigenvalue weighted by Gasteiger charge is 2.18. The van der Waals surface area contributed by atoms with Crippen LogP contribution in [0.15, 0.2) is 71.2 Å². The van der Waals surface area contributed by atoms with Crippen molar-refractivity contribution in [2.24, 2.45) is 0 Å². The number of urea groups is 1. The zero-order valence-corrected chi connectivity index (χ0v) is 14.5. The van der Waals surface area contributed by atoms with Crippen LogP contribution in [0.4, 0.5) is 16.2 Å². The lowest BCUT2D eigenvalue weighted by molar-refractivity contribution is 0.262. The van der Waals surface area contributed by atoms with E-state index in [1.807, 2.05) is 48.5 Å². The predicted molar refractivity (Wildman–Crippen MR) is 99.8 cm³/mol. The molecule has 0 spiro atoms. The number of nitrogens with one attached hydrogen (secondary N) is 2. The Labute approximate surface area is 152 Å². The molecular weight excluding hydrogens is 384 g/mol. The topological polar surface area (TPSA) is 59.6 Å². The van der Waals surface area contributed by atoms with Crippen LogP contribution < -0.4 is 20.1 Å². The van der Waals surface area contributed by atoms with E-state index in [0.29, 0.717) is 34.4 Å². The second kappa shape index (κ2) is 6.49. The molecule has 1 aliphatic heterocycles. The normalized spacial score (nSPS) is 11.4. The molecule has 2 N–H and O–H groups in total. The standard InChI is InChI=1S/C19H13BrN2O3/c20-12-5-7-13(8-6-12)21-19(23)22-14-9-10-17-18(11-14)25-16-4-2-1-3-15(16)24-17/h1-11H,(H2,21,22,23). The average molecular weight is 397 g/mol. The number of carbonyl (C=O) groups excluding carboxylic acids is 1. The summed E-state index contributed by atoms with van der Waals surface area (Å²) in [6, 6.07) is 19.7. The Balaban J connectivity index is 1.47.